The molecule has 0 aliphatic carbocycles. The van der Waals surface area contributed by atoms with Crippen molar-refractivity contribution < 1.29 is 18.8 Å². The summed E-state index contributed by atoms with van der Waals surface area (Å²) in [4.78, 5) is 23.3. The number of hydrogen-bond donors (Lipinski definition) is 0. The molecule has 2 aromatic carbocycles. The molecular formula is C25H22N4O4. The number of methoxy groups -OCH3 is 1. The van der Waals surface area contributed by atoms with Gasteiger partial charge >= 0.3 is 0 Å². The van der Waals surface area contributed by atoms with Crippen LogP contribution in [-0.2, 0) is 0 Å². The van der Waals surface area contributed by atoms with Gasteiger partial charge < -0.3 is 18.9 Å². The molecule has 8 nitrogen and oxygen atoms in total. The van der Waals surface area contributed by atoms with Crippen LogP contribution in [0.3, 0.4) is 0 Å². The van der Waals surface area contributed by atoms with E-state index in [1.165, 1.54) is 0 Å². The fourth-order valence-electron chi connectivity index (χ4n) is 3.82. The number of aromatic nitrogens is 3. The molecule has 0 spiro atoms. The van der Waals surface area contributed by atoms with Crippen molar-refractivity contribution in [2.45, 2.75) is 12.5 Å². The van der Waals surface area contributed by atoms with E-state index in [0.717, 1.165) is 12.0 Å². The van der Waals surface area contributed by atoms with E-state index in [1.807, 2.05) is 48.5 Å². The lowest BCUT2D eigenvalue weighted by atomic mass is 10.2. The molecule has 2 aromatic heterocycles. The molecule has 1 atom stereocenters. The Balaban J connectivity index is 1.30. The second kappa shape index (κ2) is 9.12. The number of likely N-dealkylation sites (tertiary alicyclic amines) is 1. The number of benzene rings is 2. The summed E-state index contributed by atoms with van der Waals surface area (Å²) in [5.41, 5.74) is 2.13. The van der Waals surface area contributed by atoms with E-state index in [1.54, 1.807) is 36.5 Å². The SMILES string of the molecule is COc1cccc(C(=O)N2CCC(Oc3ccccc3-c3nc(-c4ccncc4)no3)C2)c1. The van der Waals surface area contributed by atoms with E-state index >= 15 is 0 Å². The maximum absolute atomic E-state index is 12.9. The van der Waals surface area contributed by atoms with Crippen LogP contribution in [-0.4, -0.2) is 52.2 Å². The van der Waals surface area contributed by atoms with Crippen molar-refractivity contribution in [2.24, 2.45) is 0 Å². The average molecular weight is 442 g/mol. The molecule has 3 heterocycles. The quantitative estimate of drug-likeness (QED) is 0.444. The van der Waals surface area contributed by atoms with E-state index in [4.69, 9.17) is 14.0 Å². The number of amides is 1. The largest absolute Gasteiger partial charge is 0.497 e. The Kier molecular flexibility index (Phi) is 5.72. The monoisotopic (exact) mass is 442 g/mol. The number of hydrogen-bond acceptors (Lipinski definition) is 7. The molecular weight excluding hydrogens is 420 g/mol. The predicted molar refractivity (Wildman–Crippen MR) is 121 cm³/mol. The van der Waals surface area contributed by atoms with Crippen LogP contribution >= 0.6 is 0 Å². The van der Waals surface area contributed by atoms with Gasteiger partial charge in [0.05, 0.1) is 19.2 Å². The number of carbonyl (C=O) groups excluding carboxylic acids is 1. The lowest BCUT2D eigenvalue weighted by Crippen LogP contribution is -2.31. The van der Waals surface area contributed by atoms with E-state index in [-0.39, 0.29) is 12.0 Å². The van der Waals surface area contributed by atoms with E-state index in [0.29, 0.717) is 47.4 Å². The number of pyridine rings is 1. The minimum absolute atomic E-state index is 0.0350. The Labute approximate surface area is 190 Å². The van der Waals surface area contributed by atoms with Crippen LogP contribution in [0.2, 0.25) is 0 Å². The fourth-order valence-corrected chi connectivity index (χ4v) is 3.82. The Morgan fingerprint density at radius 1 is 1.09 bits per heavy atom. The maximum atomic E-state index is 12.9. The molecule has 0 radical (unpaired) electrons. The van der Waals surface area contributed by atoms with Gasteiger partial charge in [0.15, 0.2) is 0 Å². The summed E-state index contributed by atoms with van der Waals surface area (Å²) in [6.45, 7) is 1.12. The molecule has 0 saturated carbocycles. The Bertz CT molecular complexity index is 1260. The Morgan fingerprint density at radius 3 is 2.79 bits per heavy atom. The van der Waals surface area contributed by atoms with Gasteiger partial charge in [-0.15, -0.1) is 0 Å². The highest BCUT2D eigenvalue weighted by Crippen LogP contribution is 2.32. The summed E-state index contributed by atoms with van der Waals surface area (Å²) in [5.74, 6) is 2.13. The zero-order valence-corrected chi connectivity index (χ0v) is 18.0. The Hall–Kier alpha value is -4.20. The van der Waals surface area contributed by atoms with Gasteiger partial charge in [0, 0.05) is 36.5 Å². The molecule has 1 saturated heterocycles. The van der Waals surface area contributed by atoms with Gasteiger partial charge in [0.25, 0.3) is 11.8 Å². The highest BCUT2D eigenvalue weighted by Gasteiger charge is 2.29. The fraction of sp³-hybridized carbons (Fsp3) is 0.200. The summed E-state index contributed by atoms with van der Waals surface area (Å²) in [5, 5.41) is 4.09. The topological polar surface area (TPSA) is 90.6 Å². The zero-order chi connectivity index (χ0) is 22.6. The van der Waals surface area contributed by atoms with Crippen LogP contribution in [0.1, 0.15) is 16.8 Å². The molecule has 0 N–H and O–H groups in total. The molecule has 4 aromatic rings. The van der Waals surface area contributed by atoms with Gasteiger partial charge in [-0.05, 0) is 42.5 Å². The molecule has 1 aliphatic rings. The third kappa shape index (κ3) is 4.41. The highest BCUT2D eigenvalue weighted by molar-refractivity contribution is 5.94. The molecule has 5 rings (SSSR count). The summed E-state index contributed by atoms with van der Waals surface area (Å²) in [6, 6.07) is 18.4. The van der Waals surface area contributed by atoms with Crippen LogP contribution < -0.4 is 9.47 Å². The van der Waals surface area contributed by atoms with Gasteiger partial charge in [-0.3, -0.25) is 9.78 Å². The van der Waals surface area contributed by atoms with Crippen LogP contribution in [0, 0.1) is 0 Å². The van der Waals surface area contributed by atoms with E-state index in [2.05, 4.69) is 15.1 Å². The highest BCUT2D eigenvalue weighted by atomic mass is 16.5. The predicted octanol–water partition coefficient (Wildman–Crippen LogP) is 4.10. The van der Waals surface area contributed by atoms with Gasteiger partial charge in [0.2, 0.25) is 5.82 Å². The first kappa shape index (κ1) is 20.7. The molecule has 166 valence electrons. The van der Waals surface area contributed by atoms with Crippen LogP contribution in [0.15, 0.2) is 77.6 Å². The van der Waals surface area contributed by atoms with Crippen molar-refractivity contribution in [2.75, 3.05) is 20.2 Å². The lowest BCUT2D eigenvalue weighted by molar-refractivity contribution is 0.0772. The molecule has 1 aliphatic heterocycles. The van der Waals surface area contributed by atoms with Gasteiger partial charge in [-0.2, -0.15) is 4.98 Å². The van der Waals surface area contributed by atoms with Crippen molar-refractivity contribution in [1.82, 2.24) is 20.0 Å². The number of nitrogens with zero attached hydrogens (tertiary/aromatic N) is 4. The first-order chi connectivity index (χ1) is 16.2. The molecule has 8 heteroatoms. The summed E-state index contributed by atoms with van der Waals surface area (Å²) < 4.78 is 17.0. The van der Waals surface area contributed by atoms with Crippen molar-refractivity contribution in [3.63, 3.8) is 0 Å². The molecule has 1 fully saturated rings. The second-order valence-corrected chi connectivity index (χ2v) is 7.67. The molecule has 0 bridgehead atoms. The third-order valence-corrected chi connectivity index (χ3v) is 5.52. The van der Waals surface area contributed by atoms with Crippen molar-refractivity contribution in [3.8, 4) is 34.3 Å². The molecule has 1 amide bonds. The minimum atomic E-state index is -0.136. The summed E-state index contributed by atoms with van der Waals surface area (Å²) >= 11 is 0. The molecule has 1 unspecified atom stereocenters. The van der Waals surface area contributed by atoms with Crippen LogP contribution in [0.25, 0.3) is 22.8 Å². The smallest absolute Gasteiger partial charge is 0.262 e. The number of para-hydroxylation sites is 1. The molecule has 33 heavy (non-hydrogen) atoms. The summed E-state index contributed by atoms with van der Waals surface area (Å²) in [6.07, 6.45) is 3.96. The van der Waals surface area contributed by atoms with Crippen molar-refractivity contribution in [1.29, 1.82) is 0 Å². The Morgan fingerprint density at radius 2 is 1.94 bits per heavy atom. The average Bonchev–Trinajstić information content (AvgIpc) is 3.55. The summed E-state index contributed by atoms with van der Waals surface area (Å²) in [7, 11) is 1.59. The van der Waals surface area contributed by atoms with Crippen molar-refractivity contribution >= 4 is 5.91 Å². The van der Waals surface area contributed by atoms with Gasteiger partial charge in [-0.25, -0.2) is 0 Å². The second-order valence-electron chi connectivity index (χ2n) is 7.67. The van der Waals surface area contributed by atoms with E-state index in [9.17, 15) is 4.79 Å². The third-order valence-electron chi connectivity index (χ3n) is 5.52. The lowest BCUT2D eigenvalue weighted by Gasteiger charge is -2.18. The number of rotatable bonds is 6. The first-order valence-electron chi connectivity index (χ1n) is 10.6. The number of ether oxygens (including phenoxy) is 2. The van der Waals surface area contributed by atoms with Crippen LogP contribution in [0.5, 0.6) is 11.5 Å². The van der Waals surface area contributed by atoms with Gasteiger partial charge in [0.1, 0.15) is 17.6 Å². The van der Waals surface area contributed by atoms with Crippen LogP contribution in [0.4, 0.5) is 0 Å². The minimum Gasteiger partial charge on any atom is -0.497 e. The standard InChI is InChI=1S/C25H22N4O4/c1-31-19-6-4-5-18(15-19)25(30)29-14-11-20(16-29)32-22-8-3-2-7-21(22)24-27-23(28-33-24)17-9-12-26-13-10-17/h2-10,12-13,15,20H,11,14,16H2,1H3. The maximum Gasteiger partial charge on any atom is 0.262 e. The van der Waals surface area contributed by atoms with E-state index < -0.39 is 0 Å². The van der Waals surface area contributed by atoms with Gasteiger partial charge in [-0.1, -0.05) is 23.4 Å². The normalized spacial score (nSPS) is 15.4. The first-order valence-corrected chi connectivity index (χ1v) is 10.6. The number of carbonyl (C=O) groups is 1. The zero-order valence-electron chi connectivity index (χ0n) is 18.0. The van der Waals surface area contributed by atoms with Crippen molar-refractivity contribution in [3.05, 3.63) is 78.6 Å².